The maximum atomic E-state index is 14.3. The van der Waals surface area contributed by atoms with Crippen LogP contribution in [0.4, 0.5) is 0 Å². The summed E-state index contributed by atoms with van der Waals surface area (Å²) in [6.07, 6.45) is 8.81. The van der Waals surface area contributed by atoms with E-state index in [4.69, 9.17) is 18.9 Å². The van der Waals surface area contributed by atoms with Gasteiger partial charge in [-0.1, -0.05) is 25.0 Å². The van der Waals surface area contributed by atoms with Crippen LogP contribution in [0.3, 0.4) is 0 Å². The average molecular weight is 614 g/mol. The Morgan fingerprint density at radius 3 is 2.09 bits per heavy atom. The van der Waals surface area contributed by atoms with Gasteiger partial charge in [-0.15, -0.1) is 0 Å². The molecule has 3 atom stereocenters. The van der Waals surface area contributed by atoms with Gasteiger partial charge in [0.2, 0.25) is 5.91 Å². The van der Waals surface area contributed by atoms with Crippen molar-refractivity contribution < 1.29 is 33.3 Å². The van der Waals surface area contributed by atoms with Crippen LogP contribution in [-0.2, 0) is 41.6 Å². The topological polar surface area (TPSA) is 118 Å². The van der Waals surface area contributed by atoms with Gasteiger partial charge < -0.3 is 28.8 Å². The molecule has 1 N–H and O–H groups in total. The second kappa shape index (κ2) is 15.1. The fourth-order valence-corrected chi connectivity index (χ4v) is 5.76. The molecule has 1 aliphatic carbocycles. The molecule has 44 heavy (non-hydrogen) atoms. The van der Waals surface area contributed by atoms with Crippen molar-refractivity contribution in [3.63, 3.8) is 0 Å². The molecule has 0 radical (unpaired) electrons. The van der Waals surface area contributed by atoms with Crippen LogP contribution in [0, 0.1) is 11.3 Å². The van der Waals surface area contributed by atoms with E-state index in [1.165, 1.54) is 0 Å². The van der Waals surface area contributed by atoms with Crippen LogP contribution < -0.4 is 10.1 Å². The molecule has 1 aromatic carbocycles. The van der Waals surface area contributed by atoms with Crippen LogP contribution in [0.15, 0.2) is 43.0 Å². The summed E-state index contributed by atoms with van der Waals surface area (Å²) in [6, 6.07) is 6.49. The first-order chi connectivity index (χ1) is 20.6. The van der Waals surface area contributed by atoms with Gasteiger partial charge in [0.1, 0.15) is 23.0 Å². The number of esters is 2. The van der Waals surface area contributed by atoms with Gasteiger partial charge >= 0.3 is 11.9 Å². The van der Waals surface area contributed by atoms with E-state index in [1.807, 2.05) is 55.8 Å². The number of nitrogens with zero attached hydrogens (tertiary/aromatic N) is 2. The maximum Gasteiger partial charge on any atom is 0.329 e. The van der Waals surface area contributed by atoms with Gasteiger partial charge in [-0.25, -0.2) is 9.78 Å². The zero-order valence-electron chi connectivity index (χ0n) is 27.7. The number of benzene rings is 1. The molecule has 10 heteroatoms. The number of hydrogen-bond acceptors (Lipinski definition) is 8. The summed E-state index contributed by atoms with van der Waals surface area (Å²) in [7, 11) is 3.22. The maximum absolute atomic E-state index is 14.3. The zero-order valence-corrected chi connectivity index (χ0v) is 27.7. The molecule has 1 heterocycles. The third-order valence-electron chi connectivity index (χ3n) is 7.87. The van der Waals surface area contributed by atoms with E-state index in [0.29, 0.717) is 38.0 Å². The van der Waals surface area contributed by atoms with Crippen molar-refractivity contribution in [2.45, 2.75) is 116 Å². The number of aromatic nitrogens is 2. The zero-order chi connectivity index (χ0) is 32.5. The largest absolute Gasteiger partial charge is 0.497 e. The van der Waals surface area contributed by atoms with E-state index in [9.17, 15) is 14.4 Å². The van der Waals surface area contributed by atoms with Crippen molar-refractivity contribution in [2.24, 2.45) is 11.3 Å². The number of rotatable bonds is 14. The van der Waals surface area contributed by atoms with Crippen LogP contribution in [-0.4, -0.2) is 65.0 Å². The van der Waals surface area contributed by atoms with Gasteiger partial charge in [-0.05, 0) is 84.9 Å². The number of nitrogens with one attached hydrogen (secondary N) is 1. The molecule has 0 bridgehead atoms. The fraction of sp³-hybridized carbons (Fsp3) is 0.647. The van der Waals surface area contributed by atoms with Crippen molar-refractivity contribution in [1.82, 2.24) is 14.9 Å². The number of hydrogen-bond donors (Lipinski definition) is 1. The summed E-state index contributed by atoms with van der Waals surface area (Å²) in [5.74, 6) is -0.985. The van der Waals surface area contributed by atoms with Crippen molar-refractivity contribution in [3.05, 3.63) is 48.5 Å². The standard InChI is InChI=1S/C34H51N3O7/c1-32(2,3)43-29(38)25(20-27(42-8)22-37-18-17-35-23-37)21-34(15-9-10-16-34)31(40)36-28(30(39)44-33(4,5)6)19-24-11-13-26(41-7)14-12-24/h11-14,17-18,23,25,27-28H,9-10,15-16,19-22H2,1-8H3,(H,36,40)/t25-,27?,28+/m1/s1. The first-order valence-electron chi connectivity index (χ1n) is 15.5. The Morgan fingerprint density at radius 2 is 1.57 bits per heavy atom. The average Bonchev–Trinajstić information content (AvgIpc) is 3.63. The van der Waals surface area contributed by atoms with Crippen molar-refractivity contribution in [3.8, 4) is 5.75 Å². The van der Waals surface area contributed by atoms with Crippen molar-refractivity contribution in [2.75, 3.05) is 14.2 Å². The molecule has 1 aromatic heterocycles. The third-order valence-corrected chi connectivity index (χ3v) is 7.87. The van der Waals surface area contributed by atoms with E-state index < -0.39 is 34.5 Å². The highest BCUT2D eigenvalue weighted by molar-refractivity contribution is 5.89. The summed E-state index contributed by atoms with van der Waals surface area (Å²) in [5, 5.41) is 3.05. The van der Waals surface area contributed by atoms with E-state index >= 15 is 0 Å². The summed E-state index contributed by atoms with van der Waals surface area (Å²) in [4.78, 5) is 45.4. The molecular weight excluding hydrogens is 562 g/mol. The summed E-state index contributed by atoms with van der Waals surface area (Å²) >= 11 is 0. The van der Waals surface area contributed by atoms with Gasteiger partial charge in [0, 0.05) is 32.5 Å². The highest BCUT2D eigenvalue weighted by atomic mass is 16.6. The predicted octanol–water partition coefficient (Wildman–Crippen LogP) is 5.27. The highest BCUT2D eigenvalue weighted by Crippen LogP contribution is 2.45. The molecule has 244 valence electrons. The van der Waals surface area contributed by atoms with Crippen molar-refractivity contribution >= 4 is 17.8 Å². The van der Waals surface area contributed by atoms with Crippen molar-refractivity contribution in [1.29, 1.82) is 0 Å². The minimum absolute atomic E-state index is 0.239. The van der Waals surface area contributed by atoms with Crippen LogP contribution in [0.5, 0.6) is 5.75 Å². The molecule has 0 spiro atoms. The quantitative estimate of drug-likeness (QED) is 0.286. The van der Waals surface area contributed by atoms with E-state index in [2.05, 4.69) is 10.3 Å². The minimum Gasteiger partial charge on any atom is -0.497 e. The van der Waals surface area contributed by atoms with Gasteiger partial charge in [-0.2, -0.15) is 0 Å². The van der Waals surface area contributed by atoms with Crippen LogP contribution in [0.25, 0.3) is 0 Å². The number of carbonyl (C=O) groups is 3. The van der Waals surface area contributed by atoms with Crippen LogP contribution in [0.1, 0.15) is 85.6 Å². The summed E-state index contributed by atoms with van der Waals surface area (Å²) in [6.45, 7) is 11.4. The SMILES string of the molecule is COc1ccc(C[C@H](NC(=O)C2(C[C@@H](CC(Cn3ccnc3)OC)C(=O)OC(C)(C)C)CCCC2)C(=O)OC(C)(C)C)cc1. The Hall–Kier alpha value is -3.40. The first-order valence-corrected chi connectivity index (χ1v) is 15.5. The summed E-state index contributed by atoms with van der Waals surface area (Å²) < 4.78 is 24.6. The lowest BCUT2D eigenvalue weighted by Crippen LogP contribution is -2.51. The molecule has 2 aromatic rings. The van der Waals surface area contributed by atoms with Crippen LogP contribution in [0.2, 0.25) is 0 Å². The van der Waals surface area contributed by atoms with E-state index in [0.717, 1.165) is 18.4 Å². The molecule has 1 unspecified atom stereocenters. The smallest absolute Gasteiger partial charge is 0.329 e. The van der Waals surface area contributed by atoms with Gasteiger partial charge in [0.15, 0.2) is 0 Å². The Morgan fingerprint density at radius 1 is 0.955 bits per heavy atom. The molecule has 1 aliphatic rings. The molecule has 1 fully saturated rings. The molecule has 3 rings (SSSR count). The predicted molar refractivity (Wildman–Crippen MR) is 167 cm³/mol. The molecule has 0 saturated heterocycles. The minimum atomic E-state index is -0.902. The number of ether oxygens (including phenoxy) is 4. The summed E-state index contributed by atoms with van der Waals surface area (Å²) in [5.41, 5.74) is -1.39. The van der Waals surface area contributed by atoms with Gasteiger partial charge in [-0.3, -0.25) is 9.59 Å². The Balaban J connectivity index is 1.88. The molecule has 1 amide bonds. The Kier molecular flexibility index (Phi) is 12.0. The second-order valence-electron chi connectivity index (χ2n) is 13.9. The normalized spacial score (nSPS) is 16.9. The van der Waals surface area contributed by atoms with Gasteiger partial charge in [0.05, 0.1) is 30.9 Å². The molecule has 1 saturated carbocycles. The van der Waals surface area contributed by atoms with E-state index in [-0.39, 0.29) is 24.4 Å². The third kappa shape index (κ3) is 10.6. The lowest BCUT2D eigenvalue weighted by Gasteiger charge is -2.35. The first kappa shape index (κ1) is 35.1. The Labute approximate surface area is 262 Å². The molecule has 0 aliphatic heterocycles. The lowest BCUT2D eigenvalue weighted by molar-refractivity contribution is -0.164. The van der Waals surface area contributed by atoms with Crippen LogP contribution >= 0.6 is 0 Å². The number of amides is 1. The number of carbonyl (C=O) groups excluding carboxylic acids is 3. The lowest BCUT2D eigenvalue weighted by atomic mass is 9.75. The monoisotopic (exact) mass is 613 g/mol. The fourth-order valence-electron chi connectivity index (χ4n) is 5.76. The van der Waals surface area contributed by atoms with Gasteiger partial charge in [0.25, 0.3) is 0 Å². The highest BCUT2D eigenvalue weighted by Gasteiger charge is 2.46. The number of methoxy groups -OCH3 is 2. The van der Waals surface area contributed by atoms with E-state index in [1.54, 1.807) is 47.5 Å². The molecule has 10 nitrogen and oxygen atoms in total. The molecular formula is C34H51N3O7. The second-order valence-corrected chi connectivity index (χ2v) is 13.9. The number of imidazole rings is 1. The Bertz CT molecular complexity index is 1210.